The quantitative estimate of drug-likeness (QED) is 0.463. The molecule has 2 amide bonds. The maximum absolute atomic E-state index is 13.0. The normalized spacial score (nSPS) is 15.0. The molecule has 0 unspecified atom stereocenters. The van der Waals surface area contributed by atoms with Crippen molar-refractivity contribution in [3.63, 3.8) is 0 Å². The number of ether oxygens (including phenoxy) is 2. The summed E-state index contributed by atoms with van der Waals surface area (Å²) in [6.07, 6.45) is -0.766. The van der Waals surface area contributed by atoms with Crippen molar-refractivity contribution in [1.29, 1.82) is 0 Å². The van der Waals surface area contributed by atoms with Crippen molar-refractivity contribution in [3.05, 3.63) is 75.7 Å². The van der Waals surface area contributed by atoms with Crippen LogP contribution in [0.3, 0.4) is 0 Å². The maximum atomic E-state index is 13.0. The van der Waals surface area contributed by atoms with Crippen LogP contribution in [0.15, 0.2) is 48.5 Å². The first-order chi connectivity index (χ1) is 18.3. The summed E-state index contributed by atoms with van der Waals surface area (Å²) in [7, 11) is 3.22. The van der Waals surface area contributed by atoms with Gasteiger partial charge in [-0.3, -0.25) is 15.0 Å². The van der Waals surface area contributed by atoms with Crippen LogP contribution in [0, 0.1) is 0 Å². The Hall–Kier alpha value is -3.73. The molecular weight excluding hydrogens is 506 g/mol. The molecule has 1 saturated heterocycles. The predicted molar refractivity (Wildman–Crippen MR) is 144 cm³/mol. The molecule has 0 bridgehead atoms. The van der Waals surface area contributed by atoms with Gasteiger partial charge in [0.05, 0.1) is 23.7 Å². The minimum atomic E-state index is -1.21. The second-order valence-corrected chi connectivity index (χ2v) is 10.5. The SMILES string of the molecule is CN(C)C(=O)c1sc(NC(=O)OCC2c3ccccc3-c3ccccc32)c(C(=O)O)c1CN1CCOCC1. The molecule has 2 aromatic carbocycles. The zero-order chi connectivity index (χ0) is 26.8. The van der Waals surface area contributed by atoms with E-state index in [0.29, 0.717) is 31.9 Å². The summed E-state index contributed by atoms with van der Waals surface area (Å²) in [6.45, 7) is 2.68. The van der Waals surface area contributed by atoms with E-state index >= 15 is 0 Å². The summed E-state index contributed by atoms with van der Waals surface area (Å²) in [4.78, 5) is 42.0. The fourth-order valence-electron chi connectivity index (χ4n) is 5.02. The van der Waals surface area contributed by atoms with Crippen LogP contribution in [0.2, 0.25) is 0 Å². The van der Waals surface area contributed by atoms with Crippen molar-refractivity contribution in [2.75, 3.05) is 52.3 Å². The number of nitrogens with one attached hydrogen (secondary N) is 1. The summed E-state index contributed by atoms with van der Waals surface area (Å²) < 4.78 is 11.0. The fourth-order valence-corrected chi connectivity index (χ4v) is 6.23. The lowest BCUT2D eigenvalue weighted by atomic mass is 9.98. The predicted octanol–water partition coefficient (Wildman–Crippen LogP) is 4.34. The number of thiophene rings is 1. The van der Waals surface area contributed by atoms with Crippen LogP contribution in [0.5, 0.6) is 0 Å². The summed E-state index contributed by atoms with van der Waals surface area (Å²) in [5.74, 6) is -1.66. The zero-order valence-electron chi connectivity index (χ0n) is 21.2. The van der Waals surface area contributed by atoms with Crippen LogP contribution in [0.1, 0.15) is 42.6 Å². The van der Waals surface area contributed by atoms with Gasteiger partial charge >= 0.3 is 12.1 Å². The number of carbonyl (C=O) groups excluding carboxylic acids is 2. The molecule has 198 valence electrons. The highest BCUT2D eigenvalue weighted by Gasteiger charge is 2.32. The topological polar surface area (TPSA) is 108 Å². The van der Waals surface area contributed by atoms with Crippen molar-refractivity contribution in [3.8, 4) is 11.1 Å². The van der Waals surface area contributed by atoms with E-state index < -0.39 is 12.1 Å². The highest BCUT2D eigenvalue weighted by molar-refractivity contribution is 7.18. The van der Waals surface area contributed by atoms with E-state index in [1.807, 2.05) is 41.3 Å². The van der Waals surface area contributed by atoms with E-state index in [1.165, 1.54) is 4.90 Å². The molecular formula is C28H29N3O6S. The number of carboxylic acid groups (broad SMARTS) is 1. The van der Waals surface area contributed by atoms with E-state index in [4.69, 9.17) is 9.47 Å². The smallest absolute Gasteiger partial charge is 0.412 e. The number of morpholine rings is 1. The van der Waals surface area contributed by atoms with E-state index in [9.17, 15) is 19.5 Å². The van der Waals surface area contributed by atoms with Crippen LogP contribution in [0.4, 0.5) is 9.80 Å². The molecule has 1 aromatic heterocycles. The average Bonchev–Trinajstić information content (AvgIpc) is 3.43. The molecule has 2 N–H and O–H groups in total. The van der Waals surface area contributed by atoms with E-state index in [1.54, 1.807) is 14.1 Å². The van der Waals surface area contributed by atoms with E-state index in [0.717, 1.165) is 33.6 Å². The van der Waals surface area contributed by atoms with E-state index in [-0.39, 0.29) is 40.4 Å². The van der Waals surface area contributed by atoms with Gasteiger partial charge in [0.2, 0.25) is 0 Å². The second kappa shape index (κ2) is 10.9. The molecule has 0 radical (unpaired) electrons. The number of hydrogen-bond acceptors (Lipinski definition) is 7. The van der Waals surface area contributed by atoms with Gasteiger partial charge in [0.1, 0.15) is 11.6 Å². The summed E-state index contributed by atoms with van der Waals surface area (Å²) in [5, 5.41) is 12.8. The number of nitrogens with zero attached hydrogens (tertiary/aromatic N) is 2. The Kier molecular flexibility index (Phi) is 7.46. The highest BCUT2D eigenvalue weighted by atomic mass is 32.1. The molecule has 3 aromatic rings. The van der Waals surface area contributed by atoms with Gasteiger partial charge < -0.3 is 19.5 Å². The lowest BCUT2D eigenvalue weighted by molar-refractivity contribution is 0.0338. The van der Waals surface area contributed by atoms with Crippen molar-refractivity contribution < 1.29 is 29.0 Å². The van der Waals surface area contributed by atoms with Crippen LogP contribution in [0.25, 0.3) is 11.1 Å². The molecule has 1 fully saturated rings. The van der Waals surface area contributed by atoms with Gasteiger partial charge in [0.15, 0.2) is 0 Å². The van der Waals surface area contributed by atoms with Crippen LogP contribution < -0.4 is 5.32 Å². The molecule has 0 atom stereocenters. The van der Waals surface area contributed by atoms with Gasteiger partial charge in [-0.2, -0.15) is 0 Å². The molecule has 1 aliphatic heterocycles. The third kappa shape index (κ3) is 5.02. The zero-order valence-corrected chi connectivity index (χ0v) is 22.0. The molecule has 10 heteroatoms. The summed E-state index contributed by atoms with van der Waals surface area (Å²) >= 11 is 0.961. The molecule has 5 rings (SSSR count). The molecule has 2 aliphatic rings. The number of carboxylic acids is 1. The van der Waals surface area contributed by atoms with Crippen LogP contribution in [-0.2, 0) is 16.0 Å². The maximum Gasteiger partial charge on any atom is 0.412 e. The van der Waals surface area contributed by atoms with Gasteiger partial charge in [-0.15, -0.1) is 11.3 Å². The number of carbonyl (C=O) groups is 3. The van der Waals surface area contributed by atoms with E-state index in [2.05, 4.69) is 17.4 Å². The number of anilines is 1. The number of hydrogen-bond donors (Lipinski definition) is 2. The molecule has 2 heterocycles. The fraction of sp³-hybridized carbons (Fsp3) is 0.321. The first-order valence-electron chi connectivity index (χ1n) is 12.4. The third-order valence-corrected chi connectivity index (χ3v) is 8.00. The average molecular weight is 536 g/mol. The van der Waals surface area contributed by atoms with Gasteiger partial charge in [-0.05, 0) is 22.3 Å². The Balaban J connectivity index is 1.38. The molecule has 9 nitrogen and oxygen atoms in total. The second-order valence-electron chi connectivity index (χ2n) is 9.46. The van der Waals surface area contributed by atoms with Crippen molar-refractivity contribution in [2.45, 2.75) is 12.5 Å². The molecule has 0 saturated carbocycles. The lowest BCUT2D eigenvalue weighted by Gasteiger charge is -2.27. The first-order valence-corrected chi connectivity index (χ1v) is 13.2. The van der Waals surface area contributed by atoms with Crippen LogP contribution in [-0.4, -0.2) is 79.9 Å². The third-order valence-electron chi connectivity index (χ3n) is 6.87. The van der Waals surface area contributed by atoms with Gasteiger partial charge in [-0.25, -0.2) is 9.59 Å². The van der Waals surface area contributed by atoms with Crippen molar-refractivity contribution in [2.24, 2.45) is 0 Å². The lowest BCUT2D eigenvalue weighted by Crippen LogP contribution is -2.36. The minimum absolute atomic E-state index is 0.0831. The van der Waals surface area contributed by atoms with Crippen LogP contribution >= 0.6 is 11.3 Å². The first kappa shape index (κ1) is 25.9. The Morgan fingerprint density at radius 2 is 1.66 bits per heavy atom. The van der Waals surface area contributed by atoms with Crippen molar-refractivity contribution in [1.82, 2.24) is 9.80 Å². The van der Waals surface area contributed by atoms with Gasteiger partial charge in [0.25, 0.3) is 5.91 Å². The Morgan fingerprint density at radius 1 is 1.05 bits per heavy atom. The largest absolute Gasteiger partial charge is 0.478 e. The number of benzene rings is 2. The number of rotatable bonds is 7. The Labute approximate surface area is 224 Å². The Bertz CT molecular complexity index is 1330. The molecule has 0 spiro atoms. The molecule has 1 aliphatic carbocycles. The standard InChI is InChI=1S/C28H29N3O6S/c1-30(2)26(32)24-21(15-31-11-13-36-14-12-31)23(27(33)34)25(38-24)29-28(35)37-16-22-19-9-5-3-7-17(19)18-8-4-6-10-20(18)22/h3-10,22H,11-16H2,1-2H3,(H,29,35)(H,33,34). The summed E-state index contributed by atoms with van der Waals surface area (Å²) in [5.41, 5.74) is 4.69. The monoisotopic (exact) mass is 535 g/mol. The minimum Gasteiger partial charge on any atom is -0.478 e. The molecule has 38 heavy (non-hydrogen) atoms. The van der Waals surface area contributed by atoms with Gasteiger partial charge in [0, 0.05) is 45.2 Å². The van der Waals surface area contributed by atoms with Gasteiger partial charge in [-0.1, -0.05) is 48.5 Å². The van der Waals surface area contributed by atoms with Crippen molar-refractivity contribution >= 4 is 34.3 Å². The summed E-state index contributed by atoms with van der Waals surface area (Å²) in [6, 6.07) is 16.0. The highest BCUT2D eigenvalue weighted by Crippen LogP contribution is 2.44. The number of amides is 2. The Morgan fingerprint density at radius 3 is 2.24 bits per heavy atom. The number of fused-ring (bicyclic) bond motifs is 3. The number of aromatic carboxylic acids is 1.